The molecular weight excluding hydrogens is 484 g/mol. The molecule has 0 amide bonds. The van der Waals surface area contributed by atoms with Gasteiger partial charge in [-0.25, -0.2) is 17.2 Å². The Bertz CT molecular complexity index is 1260. The molecule has 4 rings (SSSR count). The summed E-state index contributed by atoms with van der Waals surface area (Å²) in [4.78, 5) is 1.89. The minimum atomic E-state index is -3.92. The van der Waals surface area contributed by atoms with E-state index in [9.17, 15) is 27.4 Å². The largest absolute Gasteiger partial charge is 0.392 e. The van der Waals surface area contributed by atoms with Gasteiger partial charge < -0.3 is 10.2 Å². The Kier molecular flexibility index (Phi) is 6.81. The maximum absolute atomic E-state index is 13.9. The fraction of sp³-hybridized carbons (Fsp3) is 0.280. The van der Waals surface area contributed by atoms with Crippen molar-refractivity contribution in [1.29, 1.82) is 0 Å². The molecule has 0 unspecified atom stereocenters. The molecule has 3 aromatic rings. The van der Waals surface area contributed by atoms with Gasteiger partial charge in [0.2, 0.25) is 0 Å². The van der Waals surface area contributed by atoms with Crippen LogP contribution in [0.1, 0.15) is 33.5 Å². The van der Waals surface area contributed by atoms with Crippen molar-refractivity contribution in [2.45, 2.75) is 23.5 Å². The molecule has 0 aromatic heterocycles. The molecule has 0 bridgehead atoms. The number of halogens is 3. The molecule has 0 spiro atoms. The number of sulfone groups is 1. The van der Waals surface area contributed by atoms with Gasteiger partial charge in [-0.15, -0.1) is 0 Å². The summed E-state index contributed by atoms with van der Waals surface area (Å²) < 4.78 is 53.1. The monoisotopic (exact) mass is 507 g/mol. The second kappa shape index (κ2) is 9.36. The quantitative estimate of drug-likeness (QED) is 0.505. The number of nitrogens with zero attached hydrogens (tertiary/aromatic N) is 1. The normalized spacial score (nSPS) is 17.7. The lowest BCUT2D eigenvalue weighted by molar-refractivity contribution is -0.112. The molecule has 180 valence electrons. The van der Waals surface area contributed by atoms with Crippen LogP contribution in [0.4, 0.5) is 8.78 Å². The first-order valence-corrected chi connectivity index (χ1v) is 12.9. The highest BCUT2D eigenvalue weighted by molar-refractivity contribution is 7.91. The molecule has 1 aliphatic heterocycles. The molecule has 0 saturated carbocycles. The van der Waals surface area contributed by atoms with Crippen LogP contribution in [0.5, 0.6) is 0 Å². The summed E-state index contributed by atoms with van der Waals surface area (Å²) in [6.07, 6.45) is 0.950. The zero-order valence-corrected chi connectivity index (χ0v) is 19.9. The van der Waals surface area contributed by atoms with Gasteiger partial charge in [0.05, 0.1) is 12.6 Å². The van der Waals surface area contributed by atoms with Crippen LogP contribution in [0, 0.1) is 11.6 Å². The summed E-state index contributed by atoms with van der Waals surface area (Å²) in [5.74, 6) is -1.82. The molecule has 3 aromatic carbocycles. The number of hydrogen-bond acceptors (Lipinski definition) is 5. The Labute approximate surface area is 202 Å². The molecule has 9 heteroatoms. The van der Waals surface area contributed by atoms with E-state index in [4.69, 9.17) is 11.6 Å². The molecule has 0 radical (unpaired) electrons. The van der Waals surface area contributed by atoms with Crippen LogP contribution >= 0.6 is 11.6 Å². The first-order valence-electron chi connectivity index (χ1n) is 10.6. The van der Waals surface area contributed by atoms with Gasteiger partial charge in [0.1, 0.15) is 22.5 Å². The van der Waals surface area contributed by atoms with Gasteiger partial charge >= 0.3 is 0 Å². The second-order valence-electron chi connectivity index (χ2n) is 8.77. The van der Waals surface area contributed by atoms with Gasteiger partial charge in [-0.3, -0.25) is 4.90 Å². The van der Waals surface area contributed by atoms with Crippen LogP contribution in [-0.2, 0) is 16.4 Å². The van der Waals surface area contributed by atoms with E-state index in [2.05, 4.69) is 0 Å². The number of aliphatic hydroxyl groups is 2. The summed E-state index contributed by atoms with van der Waals surface area (Å²) in [7, 11) is -3.92. The van der Waals surface area contributed by atoms with Gasteiger partial charge in [-0.1, -0.05) is 48.0 Å². The maximum atomic E-state index is 13.9. The van der Waals surface area contributed by atoms with Gasteiger partial charge in [-0.2, -0.15) is 0 Å². The molecular formula is C25H24ClF2NO4S. The molecule has 1 fully saturated rings. The van der Waals surface area contributed by atoms with Crippen molar-refractivity contribution >= 4 is 21.4 Å². The SMILES string of the molecule is CS(=O)(=O)[C@@H](c1cc(F)cc(F)c1)C1(O)CN([C@@H](c2ccc(Cl)cc2)c2ccc(CO)cc2)C1. The Morgan fingerprint density at radius 2 is 1.44 bits per heavy atom. The number of aliphatic hydroxyl groups excluding tert-OH is 1. The van der Waals surface area contributed by atoms with Crippen molar-refractivity contribution in [2.75, 3.05) is 19.3 Å². The molecule has 0 aliphatic carbocycles. The van der Waals surface area contributed by atoms with Crippen molar-refractivity contribution in [2.24, 2.45) is 0 Å². The van der Waals surface area contributed by atoms with E-state index in [1.807, 2.05) is 29.2 Å². The number of hydrogen-bond donors (Lipinski definition) is 2. The molecule has 2 atom stereocenters. The predicted molar refractivity (Wildman–Crippen MR) is 126 cm³/mol. The van der Waals surface area contributed by atoms with Gasteiger partial charge in [0.25, 0.3) is 0 Å². The topological polar surface area (TPSA) is 77.8 Å². The highest BCUT2D eigenvalue weighted by Crippen LogP contribution is 2.44. The van der Waals surface area contributed by atoms with Crippen molar-refractivity contribution in [3.8, 4) is 0 Å². The van der Waals surface area contributed by atoms with Gasteiger partial charge in [-0.05, 0) is 46.5 Å². The first-order chi connectivity index (χ1) is 16.0. The Hall–Kier alpha value is -2.36. The molecule has 1 aliphatic rings. The summed E-state index contributed by atoms with van der Waals surface area (Å²) in [6, 6.07) is 16.7. The summed E-state index contributed by atoms with van der Waals surface area (Å²) >= 11 is 6.05. The highest BCUT2D eigenvalue weighted by atomic mass is 35.5. The third-order valence-corrected chi connectivity index (χ3v) is 7.91. The summed E-state index contributed by atoms with van der Waals surface area (Å²) in [6.45, 7) is -0.189. The van der Waals surface area contributed by atoms with E-state index in [1.54, 1.807) is 24.3 Å². The lowest BCUT2D eigenvalue weighted by atomic mass is 9.82. The zero-order valence-electron chi connectivity index (χ0n) is 18.3. The molecule has 2 N–H and O–H groups in total. The summed E-state index contributed by atoms with van der Waals surface area (Å²) in [5, 5.41) is 19.8. The molecule has 1 heterocycles. The van der Waals surface area contributed by atoms with E-state index >= 15 is 0 Å². The van der Waals surface area contributed by atoms with E-state index in [-0.39, 0.29) is 31.3 Å². The van der Waals surface area contributed by atoms with Gasteiger partial charge in [0, 0.05) is 30.4 Å². The highest BCUT2D eigenvalue weighted by Gasteiger charge is 2.54. The second-order valence-corrected chi connectivity index (χ2v) is 11.3. The van der Waals surface area contributed by atoms with Crippen LogP contribution in [0.2, 0.25) is 5.02 Å². The Balaban J connectivity index is 1.70. The van der Waals surface area contributed by atoms with Crippen molar-refractivity contribution in [1.82, 2.24) is 4.90 Å². The fourth-order valence-corrected chi connectivity index (χ4v) is 6.45. The number of benzene rings is 3. The average Bonchev–Trinajstić information content (AvgIpc) is 2.73. The fourth-order valence-electron chi connectivity index (χ4n) is 4.75. The minimum absolute atomic E-state index is 0.0437. The lowest BCUT2D eigenvalue weighted by Gasteiger charge is -2.53. The van der Waals surface area contributed by atoms with E-state index < -0.39 is 32.3 Å². The maximum Gasteiger partial charge on any atom is 0.157 e. The number of likely N-dealkylation sites (tertiary alicyclic amines) is 1. The average molecular weight is 508 g/mol. The third-order valence-electron chi connectivity index (χ3n) is 6.09. The first kappa shape index (κ1) is 24.8. The van der Waals surface area contributed by atoms with Gasteiger partial charge in [0.15, 0.2) is 9.84 Å². The molecule has 34 heavy (non-hydrogen) atoms. The van der Waals surface area contributed by atoms with Crippen LogP contribution < -0.4 is 0 Å². The standard InChI is InChI=1S/C25H24ClF2NO4S/c1-34(32,33)24(19-10-21(27)12-22(28)11-19)25(31)14-29(15-25)23(18-6-8-20(26)9-7-18)17-4-2-16(13-30)3-5-17/h2-12,23-24,30-31H,13-15H2,1H3/t23-,24+/m1/s1. The van der Waals surface area contributed by atoms with Crippen molar-refractivity contribution in [3.05, 3.63) is 106 Å². The Morgan fingerprint density at radius 1 is 0.941 bits per heavy atom. The van der Waals surface area contributed by atoms with Crippen LogP contribution in [0.25, 0.3) is 0 Å². The van der Waals surface area contributed by atoms with E-state index in [0.29, 0.717) is 11.1 Å². The number of rotatable bonds is 7. The van der Waals surface area contributed by atoms with E-state index in [1.165, 1.54) is 0 Å². The number of β-amino-alcohol motifs (C(OH)–C–C–N with tert-alkyl or cyclic N) is 1. The van der Waals surface area contributed by atoms with Crippen LogP contribution in [0.3, 0.4) is 0 Å². The van der Waals surface area contributed by atoms with Crippen LogP contribution in [-0.4, -0.2) is 48.5 Å². The molecule has 1 saturated heterocycles. The minimum Gasteiger partial charge on any atom is -0.392 e. The zero-order chi connectivity index (χ0) is 24.7. The molecule has 5 nitrogen and oxygen atoms in total. The predicted octanol–water partition coefficient (Wildman–Crippen LogP) is 4.03. The third kappa shape index (κ3) is 5.01. The van der Waals surface area contributed by atoms with Crippen LogP contribution in [0.15, 0.2) is 66.7 Å². The smallest absolute Gasteiger partial charge is 0.157 e. The van der Waals surface area contributed by atoms with E-state index in [0.717, 1.165) is 35.1 Å². The van der Waals surface area contributed by atoms with Crippen molar-refractivity contribution < 1.29 is 27.4 Å². The summed E-state index contributed by atoms with van der Waals surface area (Å²) in [5.41, 5.74) is 0.607. The lowest BCUT2D eigenvalue weighted by Crippen LogP contribution is -2.66. The Morgan fingerprint density at radius 3 is 1.91 bits per heavy atom. The van der Waals surface area contributed by atoms with Crippen molar-refractivity contribution in [3.63, 3.8) is 0 Å².